The summed E-state index contributed by atoms with van der Waals surface area (Å²) in [7, 11) is 0. The molecule has 0 aliphatic carbocycles. The van der Waals surface area contributed by atoms with Crippen LogP contribution in [0.25, 0.3) is 10.9 Å². The van der Waals surface area contributed by atoms with Gasteiger partial charge in [-0.2, -0.15) is 0 Å². The summed E-state index contributed by atoms with van der Waals surface area (Å²) >= 11 is 5.85. The number of nitrogen functional groups attached to an aromatic ring is 1. The highest BCUT2D eigenvalue weighted by molar-refractivity contribution is 6.30. The SMILES string of the molecule is C[C@H]1C(=O)N(Cc2ccc3c(N)ncnc3c2)CCN1C(=O)COc1ccc(Cl)cc1. The maximum atomic E-state index is 12.9. The molecule has 2 heterocycles. The van der Waals surface area contributed by atoms with Gasteiger partial charge in [-0.15, -0.1) is 0 Å². The lowest BCUT2D eigenvalue weighted by Gasteiger charge is -2.39. The molecule has 1 aromatic heterocycles. The number of carbonyl (C=O) groups is 2. The number of nitrogens with zero attached hydrogens (tertiary/aromatic N) is 4. The van der Waals surface area contributed by atoms with Gasteiger partial charge in [0.1, 0.15) is 23.9 Å². The average molecular weight is 440 g/mol. The van der Waals surface area contributed by atoms with E-state index in [1.54, 1.807) is 41.0 Å². The van der Waals surface area contributed by atoms with Gasteiger partial charge in [-0.25, -0.2) is 9.97 Å². The Bertz CT molecular complexity index is 1120. The summed E-state index contributed by atoms with van der Waals surface area (Å²) in [6.07, 6.45) is 1.42. The third kappa shape index (κ3) is 4.54. The van der Waals surface area contributed by atoms with Gasteiger partial charge in [0.25, 0.3) is 5.91 Å². The van der Waals surface area contributed by atoms with Crippen LogP contribution in [0.15, 0.2) is 48.8 Å². The van der Waals surface area contributed by atoms with E-state index >= 15 is 0 Å². The van der Waals surface area contributed by atoms with Gasteiger partial charge < -0.3 is 20.3 Å². The molecule has 1 aliphatic heterocycles. The fourth-order valence-electron chi connectivity index (χ4n) is 3.63. The molecule has 1 atom stereocenters. The Hall–Kier alpha value is -3.39. The van der Waals surface area contributed by atoms with E-state index in [9.17, 15) is 9.59 Å². The summed E-state index contributed by atoms with van der Waals surface area (Å²) in [5.74, 6) is 0.645. The normalized spacial score (nSPS) is 16.6. The van der Waals surface area contributed by atoms with Crippen molar-refractivity contribution >= 4 is 40.1 Å². The Kier molecular flexibility index (Phi) is 5.90. The number of carbonyl (C=O) groups excluding carboxylic acids is 2. The van der Waals surface area contributed by atoms with Crippen molar-refractivity contribution in [2.24, 2.45) is 0 Å². The number of anilines is 1. The van der Waals surface area contributed by atoms with Gasteiger partial charge in [0, 0.05) is 30.0 Å². The van der Waals surface area contributed by atoms with Crippen LogP contribution in [0.4, 0.5) is 5.82 Å². The number of amides is 2. The number of ether oxygens (including phenoxy) is 1. The quantitative estimate of drug-likeness (QED) is 0.655. The van der Waals surface area contributed by atoms with Crippen LogP contribution in [0.2, 0.25) is 5.02 Å². The molecule has 0 spiro atoms. The molecule has 1 fully saturated rings. The summed E-state index contributed by atoms with van der Waals surface area (Å²) in [5, 5.41) is 1.37. The number of rotatable bonds is 5. The second-order valence-electron chi connectivity index (χ2n) is 7.38. The Morgan fingerprint density at radius 2 is 1.97 bits per heavy atom. The third-order valence-corrected chi connectivity index (χ3v) is 5.60. The third-order valence-electron chi connectivity index (χ3n) is 5.35. The van der Waals surface area contributed by atoms with E-state index in [0.717, 1.165) is 16.5 Å². The molecule has 8 nitrogen and oxygen atoms in total. The zero-order chi connectivity index (χ0) is 22.0. The zero-order valence-corrected chi connectivity index (χ0v) is 17.7. The lowest BCUT2D eigenvalue weighted by atomic mass is 10.1. The molecule has 9 heteroatoms. The van der Waals surface area contributed by atoms with Crippen LogP contribution < -0.4 is 10.5 Å². The maximum Gasteiger partial charge on any atom is 0.261 e. The summed E-state index contributed by atoms with van der Waals surface area (Å²) in [4.78, 5) is 37.1. The highest BCUT2D eigenvalue weighted by Crippen LogP contribution is 2.21. The summed E-state index contributed by atoms with van der Waals surface area (Å²) < 4.78 is 5.54. The Labute approximate surface area is 184 Å². The van der Waals surface area contributed by atoms with E-state index in [1.807, 2.05) is 18.2 Å². The minimum absolute atomic E-state index is 0.103. The van der Waals surface area contributed by atoms with Gasteiger partial charge >= 0.3 is 0 Å². The predicted molar refractivity (Wildman–Crippen MR) is 117 cm³/mol. The largest absolute Gasteiger partial charge is 0.484 e. The van der Waals surface area contributed by atoms with E-state index in [1.165, 1.54) is 6.33 Å². The molecule has 0 unspecified atom stereocenters. The van der Waals surface area contributed by atoms with Gasteiger partial charge in [0.15, 0.2) is 6.61 Å². The van der Waals surface area contributed by atoms with E-state index in [4.69, 9.17) is 22.1 Å². The van der Waals surface area contributed by atoms with Gasteiger partial charge in [0.05, 0.1) is 5.52 Å². The van der Waals surface area contributed by atoms with Crippen molar-refractivity contribution in [2.75, 3.05) is 25.4 Å². The van der Waals surface area contributed by atoms with Crippen LogP contribution in [-0.4, -0.2) is 57.3 Å². The highest BCUT2D eigenvalue weighted by atomic mass is 35.5. The molecule has 1 aliphatic rings. The Morgan fingerprint density at radius 3 is 2.74 bits per heavy atom. The van der Waals surface area contributed by atoms with Gasteiger partial charge in [-0.1, -0.05) is 17.7 Å². The van der Waals surface area contributed by atoms with E-state index in [0.29, 0.717) is 36.2 Å². The van der Waals surface area contributed by atoms with Crippen molar-refractivity contribution in [3.63, 3.8) is 0 Å². The highest BCUT2D eigenvalue weighted by Gasteiger charge is 2.34. The fraction of sp³-hybridized carbons (Fsp3) is 0.273. The number of hydrogen-bond acceptors (Lipinski definition) is 6. The predicted octanol–water partition coefficient (Wildman–Crippen LogP) is 2.50. The minimum atomic E-state index is -0.562. The Balaban J connectivity index is 1.38. The van der Waals surface area contributed by atoms with Crippen molar-refractivity contribution in [3.05, 3.63) is 59.4 Å². The fourth-order valence-corrected chi connectivity index (χ4v) is 3.75. The molecule has 2 aromatic carbocycles. The standard InChI is InChI=1S/C22H22ClN5O3/c1-14-22(30)27(11-15-2-7-18-19(10-15)25-13-26-21(18)24)8-9-28(14)20(29)12-31-17-5-3-16(23)4-6-17/h2-7,10,13-14H,8-9,11-12H2,1H3,(H2,24,25,26)/t14-/m0/s1. The van der Waals surface area contributed by atoms with E-state index in [-0.39, 0.29) is 18.4 Å². The monoisotopic (exact) mass is 439 g/mol. The molecular formula is C22H22ClN5O3. The zero-order valence-electron chi connectivity index (χ0n) is 17.0. The van der Waals surface area contributed by atoms with Gasteiger partial charge in [-0.05, 0) is 48.9 Å². The molecule has 0 bridgehead atoms. The summed E-state index contributed by atoms with van der Waals surface area (Å²) in [6, 6.07) is 11.9. The summed E-state index contributed by atoms with van der Waals surface area (Å²) in [5.41, 5.74) is 7.55. The maximum absolute atomic E-state index is 12.9. The van der Waals surface area contributed by atoms with Crippen LogP contribution in [0.3, 0.4) is 0 Å². The lowest BCUT2D eigenvalue weighted by Crippen LogP contribution is -2.58. The molecule has 2 amide bonds. The first-order chi connectivity index (χ1) is 14.9. The van der Waals surface area contributed by atoms with Crippen molar-refractivity contribution in [2.45, 2.75) is 19.5 Å². The van der Waals surface area contributed by atoms with Gasteiger partial charge in [-0.3, -0.25) is 9.59 Å². The first-order valence-corrected chi connectivity index (χ1v) is 10.3. The van der Waals surface area contributed by atoms with Crippen molar-refractivity contribution in [1.29, 1.82) is 0 Å². The molecular weight excluding hydrogens is 418 g/mol. The van der Waals surface area contributed by atoms with E-state index in [2.05, 4.69) is 9.97 Å². The smallest absolute Gasteiger partial charge is 0.261 e. The topological polar surface area (TPSA) is 102 Å². The molecule has 0 saturated carbocycles. The van der Waals surface area contributed by atoms with Crippen LogP contribution in [0.1, 0.15) is 12.5 Å². The van der Waals surface area contributed by atoms with E-state index < -0.39 is 6.04 Å². The van der Waals surface area contributed by atoms with Crippen LogP contribution in [-0.2, 0) is 16.1 Å². The van der Waals surface area contributed by atoms with Crippen molar-refractivity contribution in [1.82, 2.24) is 19.8 Å². The Morgan fingerprint density at radius 1 is 1.19 bits per heavy atom. The average Bonchev–Trinajstić information content (AvgIpc) is 2.76. The molecule has 160 valence electrons. The number of aromatic nitrogens is 2. The van der Waals surface area contributed by atoms with Crippen LogP contribution >= 0.6 is 11.6 Å². The molecule has 4 rings (SSSR count). The molecule has 0 radical (unpaired) electrons. The van der Waals surface area contributed by atoms with Crippen molar-refractivity contribution in [3.8, 4) is 5.75 Å². The number of hydrogen-bond donors (Lipinski definition) is 1. The number of piperazine rings is 1. The second kappa shape index (κ2) is 8.77. The molecule has 2 N–H and O–H groups in total. The molecule has 31 heavy (non-hydrogen) atoms. The summed E-state index contributed by atoms with van der Waals surface area (Å²) in [6.45, 7) is 2.93. The minimum Gasteiger partial charge on any atom is -0.484 e. The lowest BCUT2D eigenvalue weighted by molar-refractivity contribution is -0.152. The molecule has 3 aromatic rings. The van der Waals surface area contributed by atoms with Gasteiger partial charge in [0.2, 0.25) is 5.91 Å². The number of fused-ring (bicyclic) bond motifs is 1. The number of benzene rings is 2. The second-order valence-corrected chi connectivity index (χ2v) is 7.81. The van der Waals surface area contributed by atoms with Crippen LogP contribution in [0.5, 0.6) is 5.75 Å². The number of nitrogens with two attached hydrogens (primary N) is 1. The first kappa shape index (κ1) is 20.9. The number of halogens is 1. The van der Waals surface area contributed by atoms with Crippen molar-refractivity contribution < 1.29 is 14.3 Å². The molecule has 1 saturated heterocycles. The first-order valence-electron chi connectivity index (χ1n) is 9.88. The van der Waals surface area contributed by atoms with Crippen LogP contribution in [0, 0.1) is 0 Å².